The maximum atomic E-state index is 12.1. The minimum atomic E-state index is -2.80. The summed E-state index contributed by atoms with van der Waals surface area (Å²) in [5.41, 5.74) is 3.09. The van der Waals surface area contributed by atoms with E-state index in [1.54, 1.807) is 30.5 Å². The highest BCUT2D eigenvalue weighted by Gasteiger charge is 2.05. The van der Waals surface area contributed by atoms with E-state index in [0.717, 1.165) is 22.5 Å². The molecule has 22 heavy (non-hydrogen) atoms. The fourth-order valence-corrected chi connectivity index (χ4v) is 2.30. The summed E-state index contributed by atoms with van der Waals surface area (Å²) < 4.78 is 34.0. The molecule has 0 saturated carbocycles. The Morgan fingerprint density at radius 3 is 2.41 bits per heavy atom. The van der Waals surface area contributed by atoms with Crippen molar-refractivity contribution in [3.63, 3.8) is 0 Å². The number of rotatable bonds is 5. The molecule has 0 spiro atoms. The Morgan fingerprint density at radius 1 is 0.909 bits per heavy atom. The first-order valence-corrected chi connectivity index (χ1v) is 6.87. The van der Waals surface area contributed by atoms with Crippen LogP contribution in [0.1, 0.15) is 11.3 Å². The summed E-state index contributed by atoms with van der Waals surface area (Å²) in [5.74, 6) is 1.06. The fraction of sp³-hybridized carbons (Fsp3) is 0.111. The first-order valence-electron chi connectivity index (χ1n) is 6.87. The topological polar surface area (TPSA) is 22.4 Å². The predicted octanol–water partition coefficient (Wildman–Crippen LogP) is 5.14. The van der Waals surface area contributed by atoms with Crippen molar-refractivity contribution in [1.82, 2.24) is 0 Å². The van der Waals surface area contributed by atoms with Gasteiger partial charge in [0, 0.05) is 6.42 Å². The molecule has 4 heteroatoms. The van der Waals surface area contributed by atoms with Crippen molar-refractivity contribution in [3.8, 4) is 16.9 Å². The van der Waals surface area contributed by atoms with Crippen molar-refractivity contribution in [3.05, 3.63) is 78.3 Å². The molecule has 1 heterocycles. The molecule has 2 aromatic carbocycles. The zero-order valence-electron chi connectivity index (χ0n) is 11.7. The summed E-state index contributed by atoms with van der Waals surface area (Å²) in [7, 11) is 0. The summed E-state index contributed by atoms with van der Waals surface area (Å²) >= 11 is 0. The lowest BCUT2D eigenvalue weighted by molar-refractivity contribution is -0.0498. The number of benzene rings is 2. The van der Waals surface area contributed by atoms with Crippen LogP contribution in [0.25, 0.3) is 11.1 Å². The summed E-state index contributed by atoms with van der Waals surface area (Å²) in [4.78, 5) is 0. The van der Waals surface area contributed by atoms with E-state index in [1.165, 1.54) is 0 Å². The van der Waals surface area contributed by atoms with Gasteiger partial charge in [-0.2, -0.15) is 8.78 Å². The second kappa shape index (κ2) is 6.43. The van der Waals surface area contributed by atoms with Crippen molar-refractivity contribution in [1.29, 1.82) is 0 Å². The lowest BCUT2D eigenvalue weighted by atomic mass is 10.0. The summed E-state index contributed by atoms with van der Waals surface area (Å²) in [5, 5.41) is 0. The average Bonchev–Trinajstić information content (AvgIpc) is 3.01. The second-order valence-electron chi connectivity index (χ2n) is 4.86. The minimum Gasteiger partial charge on any atom is -0.469 e. The van der Waals surface area contributed by atoms with Crippen LogP contribution in [0.15, 0.2) is 71.3 Å². The predicted molar refractivity (Wildman–Crippen MR) is 80.0 cm³/mol. The Hall–Kier alpha value is -2.62. The van der Waals surface area contributed by atoms with Gasteiger partial charge < -0.3 is 9.15 Å². The van der Waals surface area contributed by atoms with E-state index >= 15 is 0 Å². The van der Waals surface area contributed by atoms with Crippen LogP contribution in [0.5, 0.6) is 5.75 Å². The Labute approximate surface area is 127 Å². The number of furan rings is 1. The van der Waals surface area contributed by atoms with Crippen LogP contribution in [0.4, 0.5) is 8.78 Å². The van der Waals surface area contributed by atoms with Crippen LogP contribution < -0.4 is 4.74 Å². The molecule has 0 N–H and O–H groups in total. The maximum absolute atomic E-state index is 12.1. The molecule has 0 atom stereocenters. The van der Waals surface area contributed by atoms with Crippen molar-refractivity contribution in [2.45, 2.75) is 13.0 Å². The van der Waals surface area contributed by atoms with E-state index in [2.05, 4.69) is 10.8 Å². The Bertz CT molecular complexity index is 719. The normalized spacial score (nSPS) is 10.9. The van der Waals surface area contributed by atoms with Gasteiger partial charge in [0.05, 0.1) is 6.26 Å². The molecule has 1 aromatic heterocycles. The average molecular weight is 300 g/mol. The molecule has 0 fully saturated rings. The highest BCUT2D eigenvalue weighted by atomic mass is 19.3. The number of alkyl halides is 2. The summed E-state index contributed by atoms with van der Waals surface area (Å²) in [6.07, 6.45) is 2.37. The summed E-state index contributed by atoms with van der Waals surface area (Å²) in [6.45, 7) is -2.80. The molecule has 0 aliphatic rings. The number of halogens is 2. The van der Waals surface area contributed by atoms with Crippen LogP contribution in [0, 0.1) is 0 Å². The smallest absolute Gasteiger partial charge is 0.387 e. The molecule has 0 aliphatic heterocycles. The lowest BCUT2D eigenvalue weighted by Crippen LogP contribution is -2.01. The van der Waals surface area contributed by atoms with E-state index in [0.29, 0.717) is 6.42 Å². The maximum Gasteiger partial charge on any atom is 0.387 e. The van der Waals surface area contributed by atoms with Gasteiger partial charge in [0.25, 0.3) is 0 Å². The Morgan fingerprint density at radius 2 is 1.73 bits per heavy atom. The third-order valence-electron chi connectivity index (χ3n) is 3.30. The van der Waals surface area contributed by atoms with Crippen molar-refractivity contribution >= 4 is 0 Å². The monoisotopic (exact) mass is 300 g/mol. The van der Waals surface area contributed by atoms with Gasteiger partial charge in [-0.3, -0.25) is 0 Å². The van der Waals surface area contributed by atoms with Gasteiger partial charge >= 0.3 is 6.61 Å². The number of hydrogen-bond donors (Lipinski definition) is 0. The zero-order valence-corrected chi connectivity index (χ0v) is 11.7. The molecule has 0 radical (unpaired) electrons. The second-order valence-corrected chi connectivity index (χ2v) is 4.86. The SMILES string of the molecule is FC(F)Oc1ccc(-c2cccc(Cc3ccco3)c2)cc1. The van der Waals surface area contributed by atoms with E-state index in [4.69, 9.17) is 4.42 Å². The van der Waals surface area contributed by atoms with Gasteiger partial charge in [-0.1, -0.05) is 36.4 Å². The first-order chi connectivity index (χ1) is 10.7. The quantitative estimate of drug-likeness (QED) is 0.651. The van der Waals surface area contributed by atoms with E-state index in [-0.39, 0.29) is 5.75 Å². The van der Waals surface area contributed by atoms with Gasteiger partial charge in [-0.15, -0.1) is 0 Å². The van der Waals surface area contributed by atoms with Gasteiger partial charge in [0.2, 0.25) is 0 Å². The first kappa shape index (κ1) is 14.3. The standard InChI is InChI=1S/C18H14F2O2/c19-18(20)22-16-8-6-14(7-9-16)15-4-1-3-13(11-15)12-17-5-2-10-21-17/h1-11,18H,12H2. The van der Waals surface area contributed by atoms with Gasteiger partial charge in [-0.05, 0) is 41.0 Å². The third kappa shape index (κ3) is 3.52. The van der Waals surface area contributed by atoms with Crippen molar-refractivity contribution in [2.75, 3.05) is 0 Å². The number of hydrogen-bond acceptors (Lipinski definition) is 2. The van der Waals surface area contributed by atoms with Gasteiger partial charge in [-0.25, -0.2) is 0 Å². The van der Waals surface area contributed by atoms with Crippen LogP contribution in [0.3, 0.4) is 0 Å². The van der Waals surface area contributed by atoms with Crippen molar-refractivity contribution < 1.29 is 17.9 Å². The van der Waals surface area contributed by atoms with Crippen LogP contribution in [0.2, 0.25) is 0 Å². The molecule has 0 aliphatic carbocycles. The van der Waals surface area contributed by atoms with E-state index in [9.17, 15) is 8.78 Å². The highest BCUT2D eigenvalue weighted by molar-refractivity contribution is 5.65. The molecule has 0 amide bonds. The molecule has 0 saturated heterocycles. The van der Waals surface area contributed by atoms with Crippen molar-refractivity contribution in [2.24, 2.45) is 0 Å². The largest absolute Gasteiger partial charge is 0.469 e. The fourth-order valence-electron chi connectivity index (χ4n) is 2.30. The molecular formula is C18H14F2O2. The summed E-state index contributed by atoms with van der Waals surface area (Å²) in [6, 6.07) is 18.5. The highest BCUT2D eigenvalue weighted by Crippen LogP contribution is 2.25. The minimum absolute atomic E-state index is 0.158. The van der Waals surface area contributed by atoms with Crippen LogP contribution in [-0.2, 0) is 6.42 Å². The Balaban J connectivity index is 1.79. The molecule has 3 rings (SSSR count). The van der Waals surface area contributed by atoms with Crippen LogP contribution >= 0.6 is 0 Å². The van der Waals surface area contributed by atoms with Crippen LogP contribution in [-0.4, -0.2) is 6.61 Å². The number of ether oxygens (including phenoxy) is 1. The lowest BCUT2D eigenvalue weighted by Gasteiger charge is -2.07. The zero-order chi connectivity index (χ0) is 15.4. The van der Waals surface area contributed by atoms with Gasteiger partial charge in [0.15, 0.2) is 0 Å². The molecule has 112 valence electrons. The van der Waals surface area contributed by atoms with E-state index in [1.807, 2.05) is 30.3 Å². The third-order valence-corrected chi connectivity index (χ3v) is 3.30. The molecule has 0 bridgehead atoms. The molecular weight excluding hydrogens is 286 g/mol. The van der Waals surface area contributed by atoms with Gasteiger partial charge in [0.1, 0.15) is 11.5 Å². The van der Waals surface area contributed by atoms with E-state index < -0.39 is 6.61 Å². The molecule has 0 unspecified atom stereocenters. The Kier molecular flexibility index (Phi) is 4.19. The molecule has 2 nitrogen and oxygen atoms in total. The molecule has 3 aromatic rings.